The predicted octanol–water partition coefficient (Wildman–Crippen LogP) is -1.01. The maximum absolute atomic E-state index is 12.0. The van der Waals surface area contributed by atoms with Gasteiger partial charge >= 0.3 is 102 Å². The van der Waals surface area contributed by atoms with Gasteiger partial charge < -0.3 is 0 Å². The second-order valence-electron chi connectivity index (χ2n) is 3.74. The van der Waals surface area contributed by atoms with Gasteiger partial charge in [-0.3, -0.25) is 0 Å². The molecule has 0 saturated carbocycles. The Morgan fingerprint density at radius 1 is 0.875 bits per heavy atom. The number of fused-ring (bicyclic) bond motifs is 1. The van der Waals surface area contributed by atoms with Crippen LogP contribution in [0.3, 0.4) is 0 Å². The third-order valence-electron chi connectivity index (χ3n) is 2.78. The summed E-state index contributed by atoms with van der Waals surface area (Å²) >= 11 is 2.12. The average molecular weight is 403 g/mol. The molecular weight excluding hydrogens is 391 g/mol. The first kappa shape index (κ1) is 11.3. The SMILES string of the molecule is Cn1c(=O)c2c(n(C)c1=O)n(C)[c](=[Pt])n2C. The molecule has 2 aromatic heterocycles. The summed E-state index contributed by atoms with van der Waals surface area (Å²) in [5.74, 6) is 0. The molecular formula is C9H12N4O2Pt. The van der Waals surface area contributed by atoms with Crippen LogP contribution in [0, 0.1) is 3.80 Å². The van der Waals surface area contributed by atoms with E-state index in [0.29, 0.717) is 11.2 Å². The van der Waals surface area contributed by atoms with Crippen molar-refractivity contribution in [1.29, 1.82) is 0 Å². The zero-order chi connectivity index (χ0) is 12.2. The number of aryl methyl sites for hydroxylation is 3. The summed E-state index contributed by atoms with van der Waals surface area (Å²) in [6.45, 7) is 0. The van der Waals surface area contributed by atoms with E-state index in [9.17, 15) is 9.59 Å². The van der Waals surface area contributed by atoms with E-state index in [0.717, 1.165) is 8.37 Å². The molecule has 2 rings (SSSR count). The Bertz CT molecular complexity index is 759. The van der Waals surface area contributed by atoms with Crippen LogP contribution < -0.4 is 11.2 Å². The van der Waals surface area contributed by atoms with Crippen molar-refractivity contribution in [1.82, 2.24) is 18.3 Å². The van der Waals surface area contributed by atoms with E-state index in [1.807, 2.05) is 18.7 Å². The number of nitrogens with zero attached hydrogens (tertiary/aromatic N) is 4. The quantitative estimate of drug-likeness (QED) is 0.567. The van der Waals surface area contributed by atoms with Crippen LogP contribution in [-0.2, 0) is 47.5 Å². The van der Waals surface area contributed by atoms with Crippen molar-refractivity contribution in [3.63, 3.8) is 0 Å². The molecule has 0 atom stereocenters. The molecule has 0 aliphatic heterocycles. The molecule has 0 bridgehead atoms. The zero-order valence-corrected chi connectivity index (χ0v) is 11.7. The van der Waals surface area contributed by atoms with Gasteiger partial charge in [-0.2, -0.15) is 0 Å². The van der Waals surface area contributed by atoms with Crippen LogP contribution in [0.25, 0.3) is 11.2 Å². The van der Waals surface area contributed by atoms with Crippen LogP contribution in [0.1, 0.15) is 0 Å². The second kappa shape index (κ2) is 3.42. The van der Waals surface area contributed by atoms with Crippen molar-refractivity contribution < 1.29 is 19.4 Å². The molecule has 0 amide bonds. The molecule has 90 valence electrons. The monoisotopic (exact) mass is 403 g/mol. The van der Waals surface area contributed by atoms with Crippen LogP contribution in [0.4, 0.5) is 0 Å². The number of hydrogen-bond acceptors (Lipinski definition) is 2. The molecule has 0 saturated heterocycles. The van der Waals surface area contributed by atoms with Crippen LogP contribution in [0.2, 0.25) is 0 Å². The zero-order valence-electron chi connectivity index (χ0n) is 9.42. The van der Waals surface area contributed by atoms with Gasteiger partial charge in [0.2, 0.25) is 0 Å². The first-order valence-electron chi connectivity index (χ1n) is 4.64. The molecule has 0 fully saturated rings. The number of rotatable bonds is 0. The van der Waals surface area contributed by atoms with Gasteiger partial charge in [0.15, 0.2) is 0 Å². The average Bonchev–Trinajstić information content (AvgIpc) is 2.48. The molecule has 0 aliphatic rings. The van der Waals surface area contributed by atoms with Gasteiger partial charge in [0.25, 0.3) is 0 Å². The third-order valence-corrected chi connectivity index (χ3v) is 4.30. The van der Waals surface area contributed by atoms with E-state index >= 15 is 0 Å². The fraction of sp³-hybridized carbons (Fsp3) is 0.444. The van der Waals surface area contributed by atoms with Crippen LogP contribution in [0.15, 0.2) is 9.59 Å². The number of imidazole rings is 1. The second-order valence-corrected chi connectivity index (χ2v) is 4.75. The predicted molar refractivity (Wildman–Crippen MR) is 55.6 cm³/mol. The van der Waals surface area contributed by atoms with E-state index < -0.39 is 0 Å². The van der Waals surface area contributed by atoms with Crippen LogP contribution in [0.5, 0.6) is 0 Å². The summed E-state index contributed by atoms with van der Waals surface area (Å²) < 4.78 is 7.13. The van der Waals surface area contributed by atoms with Crippen molar-refractivity contribution >= 4 is 11.2 Å². The molecule has 16 heavy (non-hydrogen) atoms. The maximum atomic E-state index is 12.0. The Hall–Kier alpha value is -1.16. The fourth-order valence-corrected chi connectivity index (χ4v) is 2.38. The first-order chi connectivity index (χ1) is 7.37. The van der Waals surface area contributed by atoms with Crippen molar-refractivity contribution in [2.24, 2.45) is 28.2 Å². The molecule has 7 heteroatoms. The summed E-state index contributed by atoms with van der Waals surface area (Å²) in [7, 11) is 6.81. The third kappa shape index (κ3) is 1.19. The van der Waals surface area contributed by atoms with E-state index in [-0.39, 0.29) is 11.2 Å². The summed E-state index contributed by atoms with van der Waals surface area (Å²) in [6, 6.07) is 0. The van der Waals surface area contributed by atoms with Gasteiger partial charge in [0.05, 0.1) is 0 Å². The van der Waals surface area contributed by atoms with E-state index in [1.165, 1.54) is 11.6 Å². The molecule has 0 radical (unpaired) electrons. The van der Waals surface area contributed by atoms with Gasteiger partial charge in [0, 0.05) is 0 Å². The Morgan fingerprint density at radius 2 is 1.44 bits per heavy atom. The van der Waals surface area contributed by atoms with Gasteiger partial charge in [0.1, 0.15) is 0 Å². The summed E-state index contributed by atoms with van der Waals surface area (Å²) in [6.07, 6.45) is 0. The molecule has 0 spiro atoms. The van der Waals surface area contributed by atoms with E-state index in [4.69, 9.17) is 0 Å². The Labute approximate surface area is 102 Å². The first-order valence-corrected chi connectivity index (χ1v) is 5.78. The van der Waals surface area contributed by atoms with Gasteiger partial charge in [-0.25, -0.2) is 0 Å². The van der Waals surface area contributed by atoms with Crippen LogP contribution >= 0.6 is 0 Å². The summed E-state index contributed by atoms with van der Waals surface area (Å²) in [5.41, 5.74) is 0.604. The van der Waals surface area contributed by atoms with Gasteiger partial charge in [-0.15, -0.1) is 0 Å². The van der Waals surface area contributed by atoms with Crippen molar-refractivity contribution in [3.05, 3.63) is 24.6 Å². The van der Waals surface area contributed by atoms with Crippen LogP contribution in [-0.4, -0.2) is 18.3 Å². The molecule has 0 unspecified atom stereocenters. The fourth-order valence-electron chi connectivity index (χ4n) is 1.88. The molecule has 0 aliphatic carbocycles. The normalized spacial score (nSPS) is 11.4. The minimum absolute atomic E-state index is 0.264. The standard InChI is InChI=1S/C9H12N4O2.Pt/c1-10-5-11(2)7-6(10)8(14)13(4)9(15)12(7)3;/h1-4H3;. The number of aromatic nitrogens is 4. The Balaban J connectivity index is 3.36. The summed E-state index contributed by atoms with van der Waals surface area (Å²) in [4.78, 5) is 23.8. The van der Waals surface area contributed by atoms with Crippen molar-refractivity contribution in [3.8, 4) is 0 Å². The number of hydrogen-bond donors (Lipinski definition) is 0. The summed E-state index contributed by atoms with van der Waals surface area (Å²) in [5, 5.41) is 0. The molecule has 0 aromatic carbocycles. The van der Waals surface area contributed by atoms with Crippen molar-refractivity contribution in [2.45, 2.75) is 0 Å². The molecule has 6 nitrogen and oxygen atoms in total. The topological polar surface area (TPSA) is 53.9 Å². The van der Waals surface area contributed by atoms with E-state index in [1.54, 1.807) is 11.6 Å². The van der Waals surface area contributed by atoms with Gasteiger partial charge in [-0.05, 0) is 0 Å². The molecule has 2 aromatic rings. The van der Waals surface area contributed by atoms with Crippen molar-refractivity contribution in [2.75, 3.05) is 0 Å². The molecule has 0 N–H and O–H groups in total. The molecule has 2 heterocycles. The van der Waals surface area contributed by atoms with Gasteiger partial charge in [-0.1, -0.05) is 0 Å². The van der Waals surface area contributed by atoms with E-state index in [2.05, 4.69) is 19.4 Å². The Morgan fingerprint density at radius 3 is 2.00 bits per heavy atom. The minimum atomic E-state index is -0.310. The Kier molecular flexibility index (Phi) is 2.42.